The highest BCUT2D eigenvalue weighted by atomic mass is 32.1. The van der Waals surface area contributed by atoms with Crippen molar-refractivity contribution in [3.05, 3.63) is 34.8 Å². The van der Waals surface area contributed by atoms with Crippen molar-refractivity contribution in [3.63, 3.8) is 0 Å². The predicted molar refractivity (Wildman–Crippen MR) is 74.0 cm³/mol. The van der Waals surface area contributed by atoms with Crippen LogP contribution in [0.5, 0.6) is 5.75 Å². The average molecular weight is 263 g/mol. The van der Waals surface area contributed by atoms with Crippen LogP contribution >= 0.6 is 11.3 Å². The number of aryl methyl sites for hydroxylation is 1. The molecule has 0 radical (unpaired) electrons. The average Bonchev–Trinajstić information content (AvgIpc) is 2.85. The number of anilines is 1. The quantitative estimate of drug-likeness (QED) is 0.868. The van der Waals surface area contributed by atoms with Gasteiger partial charge in [0.15, 0.2) is 0 Å². The predicted octanol–water partition coefficient (Wildman–Crippen LogP) is 3.37. The molecule has 0 saturated carbocycles. The number of phenols is 1. The lowest BCUT2D eigenvalue weighted by molar-refractivity contribution is 0.475. The van der Waals surface area contributed by atoms with Crippen molar-refractivity contribution in [1.82, 2.24) is 10.2 Å². The molecule has 0 amide bonds. The van der Waals surface area contributed by atoms with Crippen molar-refractivity contribution < 1.29 is 5.11 Å². The van der Waals surface area contributed by atoms with E-state index in [2.05, 4.69) is 29.4 Å². The van der Waals surface area contributed by atoms with Gasteiger partial charge in [-0.2, -0.15) is 0 Å². The molecule has 2 aromatic rings. The summed E-state index contributed by atoms with van der Waals surface area (Å²) in [6, 6.07) is 7.47. The van der Waals surface area contributed by atoms with Crippen LogP contribution in [0.3, 0.4) is 0 Å². The van der Waals surface area contributed by atoms with Gasteiger partial charge >= 0.3 is 0 Å². The van der Waals surface area contributed by atoms with Crippen molar-refractivity contribution in [3.8, 4) is 5.75 Å². The molecule has 4 nitrogen and oxygen atoms in total. The van der Waals surface area contributed by atoms with Crippen LogP contribution < -0.4 is 5.32 Å². The Morgan fingerprint density at radius 3 is 2.50 bits per heavy atom. The third kappa shape index (κ3) is 2.98. The maximum absolute atomic E-state index is 9.30. The van der Waals surface area contributed by atoms with Gasteiger partial charge in [-0.1, -0.05) is 37.3 Å². The van der Waals surface area contributed by atoms with E-state index in [-0.39, 0.29) is 11.8 Å². The molecule has 0 fully saturated rings. The SMILES string of the molecule is CCc1nnc(NC(CC)c2ccc(O)cc2)s1. The summed E-state index contributed by atoms with van der Waals surface area (Å²) in [6.07, 6.45) is 1.86. The molecule has 5 heteroatoms. The van der Waals surface area contributed by atoms with Crippen LogP contribution in [0.1, 0.15) is 36.9 Å². The van der Waals surface area contributed by atoms with Gasteiger partial charge in [0.05, 0.1) is 6.04 Å². The van der Waals surface area contributed by atoms with Crippen LogP contribution in [-0.2, 0) is 6.42 Å². The number of nitrogens with one attached hydrogen (secondary N) is 1. The molecule has 1 aromatic heterocycles. The minimum Gasteiger partial charge on any atom is -0.508 e. The van der Waals surface area contributed by atoms with Gasteiger partial charge in [-0.05, 0) is 30.5 Å². The lowest BCUT2D eigenvalue weighted by Gasteiger charge is -2.16. The van der Waals surface area contributed by atoms with Gasteiger partial charge in [-0.3, -0.25) is 0 Å². The molecule has 0 aliphatic carbocycles. The molecule has 18 heavy (non-hydrogen) atoms. The summed E-state index contributed by atoms with van der Waals surface area (Å²) in [5.74, 6) is 0.290. The normalized spacial score (nSPS) is 12.3. The van der Waals surface area contributed by atoms with Crippen molar-refractivity contribution in [2.75, 3.05) is 5.32 Å². The fraction of sp³-hybridized carbons (Fsp3) is 0.385. The third-order valence-electron chi connectivity index (χ3n) is 2.77. The van der Waals surface area contributed by atoms with Crippen LogP contribution in [0.2, 0.25) is 0 Å². The molecular weight excluding hydrogens is 246 g/mol. The Kier molecular flexibility index (Phi) is 4.15. The maximum Gasteiger partial charge on any atom is 0.206 e. The van der Waals surface area contributed by atoms with E-state index in [9.17, 15) is 5.11 Å². The summed E-state index contributed by atoms with van der Waals surface area (Å²) in [5, 5.41) is 22.8. The van der Waals surface area contributed by atoms with Crippen molar-refractivity contribution in [1.29, 1.82) is 0 Å². The van der Waals surface area contributed by atoms with E-state index in [1.807, 2.05) is 12.1 Å². The number of rotatable bonds is 5. The molecule has 0 aliphatic heterocycles. The molecule has 96 valence electrons. The Hall–Kier alpha value is -1.62. The van der Waals surface area contributed by atoms with Crippen molar-refractivity contribution in [2.45, 2.75) is 32.7 Å². The summed E-state index contributed by atoms with van der Waals surface area (Å²) < 4.78 is 0. The lowest BCUT2D eigenvalue weighted by Crippen LogP contribution is -2.09. The molecule has 0 saturated heterocycles. The van der Waals surface area contributed by atoms with Gasteiger partial charge in [-0.15, -0.1) is 10.2 Å². The first kappa shape index (κ1) is 12.8. The van der Waals surface area contributed by atoms with Crippen molar-refractivity contribution in [2.24, 2.45) is 0 Å². The first-order valence-corrected chi connectivity index (χ1v) is 6.92. The van der Waals surface area contributed by atoms with E-state index < -0.39 is 0 Å². The zero-order valence-corrected chi connectivity index (χ0v) is 11.4. The number of hydrogen-bond donors (Lipinski definition) is 2. The topological polar surface area (TPSA) is 58.0 Å². The molecule has 1 atom stereocenters. The maximum atomic E-state index is 9.30. The van der Waals surface area contributed by atoms with E-state index in [1.54, 1.807) is 23.5 Å². The number of aromatic hydroxyl groups is 1. The van der Waals surface area contributed by atoms with Gasteiger partial charge in [-0.25, -0.2) is 0 Å². The highest BCUT2D eigenvalue weighted by molar-refractivity contribution is 7.15. The monoisotopic (exact) mass is 263 g/mol. The zero-order chi connectivity index (χ0) is 13.0. The highest BCUT2D eigenvalue weighted by Crippen LogP contribution is 2.26. The van der Waals surface area contributed by atoms with Gasteiger partial charge in [0, 0.05) is 0 Å². The number of benzene rings is 1. The summed E-state index contributed by atoms with van der Waals surface area (Å²) in [6.45, 7) is 4.19. The zero-order valence-electron chi connectivity index (χ0n) is 10.6. The van der Waals surface area contributed by atoms with Crippen LogP contribution in [0.4, 0.5) is 5.13 Å². The fourth-order valence-electron chi connectivity index (χ4n) is 1.73. The first-order chi connectivity index (χ1) is 8.72. The van der Waals surface area contributed by atoms with E-state index >= 15 is 0 Å². The second kappa shape index (κ2) is 5.82. The Labute approximate surface area is 111 Å². The standard InChI is InChI=1S/C13H17N3OS/c1-3-11(9-5-7-10(17)8-6-9)14-13-16-15-12(4-2)18-13/h5-8,11,17H,3-4H2,1-2H3,(H,14,16). The Balaban J connectivity index is 2.11. The largest absolute Gasteiger partial charge is 0.508 e. The second-order valence-electron chi connectivity index (χ2n) is 4.05. The minimum absolute atomic E-state index is 0.197. The molecule has 1 aromatic carbocycles. The van der Waals surface area contributed by atoms with Crippen LogP contribution in [0, 0.1) is 0 Å². The van der Waals surface area contributed by atoms with Gasteiger partial charge in [0.2, 0.25) is 5.13 Å². The summed E-state index contributed by atoms with van der Waals surface area (Å²) in [5.41, 5.74) is 1.14. The number of aromatic nitrogens is 2. The molecule has 0 spiro atoms. The van der Waals surface area contributed by atoms with E-state index in [1.165, 1.54) is 0 Å². The smallest absolute Gasteiger partial charge is 0.206 e. The van der Waals surface area contributed by atoms with Gasteiger partial charge < -0.3 is 10.4 Å². The molecule has 1 unspecified atom stereocenters. The highest BCUT2D eigenvalue weighted by Gasteiger charge is 2.11. The minimum atomic E-state index is 0.197. The molecule has 0 bridgehead atoms. The summed E-state index contributed by atoms with van der Waals surface area (Å²) in [7, 11) is 0. The second-order valence-corrected chi connectivity index (χ2v) is 5.11. The van der Waals surface area contributed by atoms with Crippen LogP contribution in [0.25, 0.3) is 0 Å². The Morgan fingerprint density at radius 1 is 1.22 bits per heavy atom. The molecule has 2 N–H and O–H groups in total. The van der Waals surface area contributed by atoms with Crippen LogP contribution in [0.15, 0.2) is 24.3 Å². The summed E-state index contributed by atoms with van der Waals surface area (Å²) in [4.78, 5) is 0. The molecule has 2 rings (SSSR count). The lowest BCUT2D eigenvalue weighted by atomic mass is 10.0. The van der Waals surface area contributed by atoms with Gasteiger partial charge in [0.1, 0.15) is 10.8 Å². The molecular formula is C13H17N3OS. The van der Waals surface area contributed by atoms with E-state index in [0.29, 0.717) is 0 Å². The van der Waals surface area contributed by atoms with E-state index in [4.69, 9.17) is 0 Å². The summed E-state index contributed by atoms with van der Waals surface area (Å²) >= 11 is 1.59. The van der Waals surface area contributed by atoms with Gasteiger partial charge in [0.25, 0.3) is 0 Å². The number of nitrogens with zero attached hydrogens (tertiary/aromatic N) is 2. The van der Waals surface area contributed by atoms with E-state index in [0.717, 1.165) is 28.5 Å². The number of phenolic OH excluding ortho intramolecular Hbond substituents is 1. The molecule has 0 aliphatic rings. The Morgan fingerprint density at radius 2 is 1.94 bits per heavy atom. The van der Waals surface area contributed by atoms with Crippen LogP contribution in [-0.4, -0.2) is 15.3 Å². The third-order valence-corrected chi connectivity index (χ3v) is 3.77. The number of hydrogen-bond acceptors (Lipinski definition) is 5. The fourth-order valence-corrected chi connectivity index (χ4v) is 2.46. The first-order valence-electron chi connectivity index (χ1n) is 6.10. The molecule has 1 heterocycles. The van der Waals surface area contributed by atoms with Crippen molar-refractivity contribution >= 4 is 16.5 Å². The Bertz CT molecular complexity index is 495.